The lowest BCUT2D eigenvalue weighted by Crippen LogP contribution is -2.32. The number of rotatable bonds is 3. The number of nitrogens with one attached hydrogen (secondary N) is 1. The lowest BCUT2D eigenvalue weighted by atomic mass is 9.85. The first-order chi connectivity index (χ1) is 12.2. The van der Waals surface area contributed by atoms with Crippen LogP contribution in [0.5, 0.6) is 0 Å². The van der Waals surface area contributed by atoms with Gasteiger partial charge in [0.25, 0.3) is 11.5 Å². The van der Waals surface area contributed by atoms with Gasteiger partial charge in [-0.1, -0.05) is 19.3 Å². The fraction of sp³-hybridized carbons (Fsp3) is 0.550. The first-order valence-electron chi connectivity index (χ1n) is 9.54. The molecule has 2 aromatic rings. The lowest BCUT2D eigenvalue weighted by Gasteiger charge is -2.25. The molecule has 1 amide bonds. The molecule has 0 atom stereocenters. The van der Waals surface area contributed by atoms with Crippen LogP contribution in [0.3, 0.4) is 0 Å². The Balaban J connectivity index is 1.64. The molecule has 1 aromatic carbocycles. The zero-order chi connectivity index (χ0) is 17.2. The van der Waals surface area contributed by atoms with E-state index in [2.05, 4.69) is 5.32 Å². The van der Waals surface area contributed by atoms with E-state index < -0.39 is 0 Å². The van der Waals surface area contributed by atoms with E-state index in [-0.39, 0.29) is 11.5 Å². The number of amides is 1. The maximum atomic E-state index is 12.8. The third-order valence-corrected chi connectivity index (χ3v) is 5.60. The van der Waals surface area contributed by atoms with Crippen LogP contribution in [0.15, 0.2) is 23.0 Å². The molecule has 1 N–H and O–H groups in total. The Hall–Kier alpha value is -2.17. The van der Waals surface area contributed by atoms with E-state index in [4.69, 9.17) is 4.98 Å². The lowest BCUT2D eigenvalue weighted by molar-refractivity contribution is 0.0939. The van der Waals surface area contributed by atoms with Gasteiger partial charge in [0.2, 0.25) is 0 Å². The molecule has 2 heterocycles. The smallest absolute Gasteiger partial charge is 0.261 e. The summed E-state index contributed by atoms with van der Waals surface area (Å²) in [5.74, 6) is 1.43. The van der Waals surface area contributed by atoms with Gasteiger partial charge in [0, 0.05) is 25.1 Å². The summed E-state index contributed by atoms with van der Waals surface area (Å²) in [7, 11) is 0. The van der Waals surface area contributed by atoms with Crippen molar-refractivity contribution in [2.24, 2.45) is 5.92 Å². The number of benzene rings is 1. The molecule has 4 rings (SSSR count). The number of hydrogen-bond acceptors (Lipinski definition) is 3. The minimum atomic E-state index is -0.0672. The summed E-state index contributed by atoms with van der Waals surface area (Å²) < 4.78 is 1.83. The molecule has 5 heteroatoms. The summed E-state index contributed by atoms with van der Waals surface area (Å²) in [4.78, 5) is 29.9. The van der Waals surface area contributed by atoms with Gasteiger partial charge in [-0.05, 0) is 49.8 Å². The average molecular weight is 339 g/mol. The summed E-state index contributed by atoms with van der Waals surface area (Å²) in [5, 5.41) is 3.62. The summed E-state index contributed by atoms with van der Waals surface area (Å²) in [6.45, 7) is 1.50. The minimum absolute atomic E-state index is 0.0309. The molecule has 0 unspecified atom stereocenters. The Morgan fingerprint density at radius 1 is 1.16 bits per heavy atom. The third kappa shape index (κ3) is 3.32. The van der Waals surface area contributed by atoms with Gasteiger partial charge in [0.1, 0.15) is 5.82 Å². The normalized spacial score (nSPS) is 18.1. The van der Waals surface area contributed by atoms with Gasteiger partial charge in [0.15, 0.2) is 0 Å². The molecule has 5 nitrogen and oxygen atoms in total. The van der Waals surface area contributed by atoms with Crippen molar-refractivity contribution in [3.05, 3.63) is 39.9 Å². The Labute approximate surface area is 147 Å². The summed E-state index contributed by atoms with van der Waals surface area (Å²) in [5.41, 5.74) is 1.27. The highest BCUT2D eigenvalue weighted by atomic mass is 16.1. The Bertz CT molecular complexity index is 852. The highest BCUT2D eigenvalue weighted by Gasteiger charge is 2.19. The van der Waals surface area contributed by atoms with Gasteiger partial charge in [-0.3, -0.25) is 14.2 Å². The highest BCUT2D eigenvalue weighted by molar-refractivity contribution is 5.97. The average Bonchev–Trinajstić information content (AvgIpc) is 2.54. The van der Waals surface area contributed by atoms with E-state index in [1.165, 1.54) is 32.1 Å². The zero-order valence-corrected chi connectivity index (χ0v) is 14.6. The van der Waals surface area contributed by atoms with Crippen LogP contribution in [0.25, 0.3) is 10.9 Å². The molecule has 1 aliphatic carbocycles. The molecule has 0 bridgehead atoms. The van der Waals surface area contributed by atoms with Gasteiger partial charge in [-0.15, -0.1) is 0 Å². The number of hydrogen-bond donors (Lipinski definition) is 1. The molecule has 2 aliphatic rings. The maximum Gasteiger partial charge on any atom is 0.261 e. The topological polar surface area (TPSA) is 64.0 Å². The summed E-state index contributed by atoms with van der Waals surface area (Å²) in [6.07, 6.45) is 8.99. The van der Waals surface area contributed by atoms with Gasteiger partial charge in [-0.25, -0.2) is 4.98 Å². The van der Waals surface area contributed by atoms with Crippen molar-refractivity contribution < 1.29 is 4.79 Å². The number of carbonyl (C=O) groups is 1. The molecule has 25 heavy (non-hydrogen) atoms. The van der Waals surface area contributed by atoms with Crippen LogP contribution < -0.4 is 10.9 Å². The van der Waals surface area contributed by atoms with Gasteiger partial charge in [-0.2, -0.15) is 0 Å². The van der Waals surface area contributed by atoms with Crippen molar-refractivity contribution in [2.75, 3.05) is 6.54 Å². The van der Waals surface area contributed by atoms with Crippen molar-refractivity contribution in [3.63, 3.8) is 0 Å². The molecule has 0 radical (unpaired) electrons. The second-order valence-electron chi connectivity index (χ2n) is 7.39. The van der Waals surface area contributed by atoms with E-state index in [1.54, 1.807) is 18.2 Å². The Kier molecular flexibility index (Phi) is 4.55. The number of fused-ring (bicyclic) bond motifs is 2. The quantitative estimate of drug-likeness (QED) is 0.935. The van der Waals surface area contributed by atoms with Crippen molar-refractivity contribution >= 4 is 16.8 Å². The van der Waals surface area contributed by atoms with Crippen LogP contribution in [0, 0.1) is 5.92 Å². The second kappa shape index (κ2) is 6.98. The van der Waals surface area contributed by atoms with E-state index in [0.717, 1.165) is 38.2 Å². The van der Waals surface area contributed by atoms with Crippen molar-refractivity contribution in [3.8, 4) is 0 Å². The number of carbonyl (C=O) groups excluding carboxylic acids is 1. The molecule has 0 spiro atoms. The Morgan fingerprint density at radius 3 is 2.80 bits per heavy atom. The molecule has 1 aliphatic heterocycles. The monoisotopic (exact) mass is 339 g/mol. The van der Waals surface area contributed by atoms with Crippen molar-refractivity contribution in [1.82, 2.24) is 14.9 Å². The first-order valence-corrected chi connectivity index (χ1v) is 9.54. The number of nitrogens with zero attached hydrogens (tertiary/aromatic N) is 2. The Morgan fingerprint density at radius 2 is 2.00 bits per heavy atom. The molecule has 0 saturated heterocycles. The fourth-order valence-corrected chi connectivity index (χ4v) is 3.77. The molecular formula is C20H25N3O2. The molecule has 1 aromatic heterocycles. The fourth-order valence-electron chi connectivity index (χ4n) is 3.77. The SMILES string of the molecule is O=C(NCC1CCC1)c1ccc2c(=O)n3c(nc2c1)CCCCCC3. The van der Waals surface area contributed by atoms with Gasteiger partial charge in [0.05, 0.1) is 10.9 Å². The predicted molar refractivity (Wildman–Crippen MR) is 97.8 cm³/mol. The second-order valence-corrected chi connectivity index (χ2v) is 7.39. The van der Waals surface area contributed by atoms with Crippen LogP contribution >= 0.6 is 0 Å². The molecular weight excluding hydrogens is 314 g/mol. The molecule has 1 fully saturated rings. The highest BCUT2D eigenvalue weighted by Crippen LogP contribution is 2.25. The maximum absolute atomic E-state index is 12.8. The van der Waals surface area contributed by atoms with E-state index >= 15 is 0 Å². The van der Waals surface area contributed by atoms with Crippen molar-refractivity contribution in [2.45, 2.75) is 57.9 Å². The predicted octanol–water partition coefficient (Wildman–Crippen LogP) is 3.04. The number of aromatic nitrogens is 2. The van der Waals surface area contributed by atoms with E-state index in [0.29, 0.717) is 22.4 Å². The van der Waals surface area contributed by atoms with Crippen molar-refractivity contribution in [1.29, 1.82) is 0 Å². The largest absolute Gasteiger partial charge is 0.352 e. The summed E-state index contributed by atoms with van der Waals surface area (Å²) in [6, 6.07) is 5.28. The van der Waals surface area contributed by atoms with Crippen LogP contribution in [-0.4, -0.2) is 22.0 Å². The standard InChI is InChI=1S/C20H25N3O2/c24-19(21-13-14-6-5-7-14)15-9-10-16-17(12-15)22-18-8-3-1-2-4-11-23(18)20(16)25/h9-10,12,14H,1-8,11,13H2,(H,21,24). The van der Waals surface area contributed by atoms with Crippen LogP contribution in [0.1, 0.15) is 61.1 Å². The van der Waals surface area contributed by atoms with Crippen LogP contribution in [0.4, 0.5) is 0 Å². The van der Waals surface area contributed by atoms with Crippen LogP contribution in [-0.2, 0) is 13.0 Å². The van der Waals surface area contributed by atoms with Crippen LogP contribution in [0.2, 0.25) is 0 Å². The van der Waals surface area contributed by atoms with E-state index in [9.17, 15) is 9.59 Å². The molecule has 1 saturated carbocycles. The van der Waals surface area contributed by atoms with E-state index in [1.807, 2.05) is 4.57 Å². The minimum Gasteiger partial charge on any atom is -0.352 e. The zero-order valence-electron chi connectivity index (χ0n) is 14.6. The third-order valence-electron chi connectivity index (χ3n) is 5.60. The van der Waals surface area contributed by atoms with Gasteiger partial charge < -0.3 is 5.32 Å². The first kappa shape index (κ1) is 16.3. The molecule has 132 valence electrons. The van der Waals surface area contributed by atoms with Gasteiger partial charge >= 0.3 is 0 Å². The number of aryl methyl sites for hydroxylation is 1. The summed E-state index contributed by atoms with van der Waals surface area (Å²) >= 11 is 0.